The number of ketones is 1. The van der Waals surface area contributed by atoms with E-state index >= 15 is 0 Å². The van der Waals surface area contributed by atoms with Gasteiger partial charge in [-0.3, -0.25) is 14.4 Å². The molecule has 4 rings (SSSR count). The first kappa shape index (κ1) is 22.1. The third kappa shape index (κ3) is 4.46. The van der Waals surface area contributed by atoms with Crippen LogP contribution in [0.1, 0.15) is 43.0 Å². The van der Waals surface area contributed by atoms with Gasteiger partial charge in [0.1, 0.15) is 36.4 Å². The lowest BCUT2D eigenvalue weighted by Crippen LogP contribution is -2.55. The van der Waals surface area contributed by atoms with Crippen molar-refractivity contribution >= 4 is 29.2 Å². The second kappa shape index (κ2) is 8.82. The van der Waals surface area contributed by atoms with Crippen LogP contribution in [-0.4, -0.2) is 59.2 Å². The Labute approximate surface area is 184 Å². The Morgan fingerprint density at radius 3 is 2.45 bits per heavy atom. The summed E-state index contributed by atoms with van der Waals surface area (Å²) < 4.78 is 32.7. The van der Waals surface area contributed by atoms with Gasteiger partial charge in [-0.05, 0) is 36.8 Å². The highest BCUT2D eigenvalue weighted by Gasteiger charge is 2.53. The van der Waals surface area contributed by atoms with Gasteiger partial charge in [-0.15, -0.1) is 11.6 Å². The minimum Gasteiger partial charge on any atom is -0.366 e. The highest BCUT2D eigenvalue weighted by Crippen LogP contribution is 2.35. The van der Waals surface area contributed by atoms with Crippen LogP contribution in [-0.2, 0) is 14.3 Å². The van der Waals surface area contributed by atoms with Gasteiger partial charge in [0.15, 0.2) is 5.78 Å². The fourth-order valence-corrected chi connectivity index (χ4v) is 5.27. The van der Waals surface area contributed by atoms with E-state index in [0.717, 1.165) is 37.8 Å². The molecular formula is C22H25ClF2N2O4. The molecule has 2 amide bonds. The van der Waals surface area contributed by atoms with Gasteiger partial charge in [-0.25, -0.2) is 8.78 Å². The Bertz CT molecular complexity index is 870. The summed E-state index contributed by atoms with van der Waals surface area (Å²) in [7, 11) is 0. The van der Waals surface area contributed by atoms with Crippen molar-refractivity contribution in [1.82, 2.24) is 10.2 Å². The van der Waals surface area contributed by atoms with Crippen molar-refractivity contribution in [2.75, 3.05) is 13.2 Å². The van der Waals surface area contributed by atoms with Gasteiger partial charge in [0, 0.05) is 18.2 Å². The molecule has 3 aliphatic rings. The second-order valence-electron chi connectivity index (χ2n) is 8.82. The van der Waals surface area contributed by atoms with Crippen LogP contribution in [0.3, 0.4) is 0 Å². The Kier molecular flexibility index (Phi) is 6.30. The van der Waals surface area contributed by atoms with E-state index in [1.807, 2.05) is 0 Å². The molecule has 0 bridgehead atoms. The van der Waals surface area contributed by atoms with E-state index in [1.165, 1.54) is 4.90 Å². The minimum absolute atomic E-state index is 0.0944. The van der Waals surface area contributed by atoms with E-state index in [4.69, 9.17) is 16.3 Å². The number of rotatable bonds is 4. The first-order valence-electron chi connectivity index (χ1n) is 10.6. The van der Waals surface area contributed by atoms with Crippen LogP contribution in [0.25, 0.3) is 0 Å². The van der Waals surface area contributed by atoms with E-state index in [0.29, 0.717) is 12.0 Å². The summed E-state index contributed by atoms with van der Waals surface area (Å²) in [6.07, 6.45) is 2.71. The normalized spacial score (nSPS) is 31.4. The molecule has 1 aromatic rings. The summed E-state index contributed by atoms with van der Waals surface area (Å²) in [4.78, 5) is 40.1. The number of benzene rings is 1. The zero-order chi connectivity index (χ0) is 22.3. The van der Waals surface area contributed by atoms with Gasteiger partial charge in [-0.2, -0.15) is 0 Å². The molecule has 3 fully saturated rings. The van der Waals surface area contributed by atoms with Crippen molar-refractivity contribution in [2.45, 2.75) is 56.2 Å². The summed E-state index contributed by atoms with van der Waals surface area (Å²) >= 11 is 6.32. The largest absolute Gasteiger partial charge is 0.366 e. The Balaban J connectivity index is 1.59. The van der Waals surface area contributed by atoms with Gasteiger partial charge in [0.2, 0.25) is 5.91 Å². The fourth-order valence-electron chi connectivity index (χ4n) is 4.91. The molecule has 4 atom stereocenters. The number of hydrogen-bond donors (Lipinski definition) is 1. The van der Waals surface area contributed by atoms with Crippen LogP contribution < -0.4 is 5.32 Å². The maximum atomic E-state index is 13.6. The number of fused-ring (bicyclic) bond motifs is 1. The van der Waals surface area contributed by atoms with Crippen molar-refractivity contribution in [3.63, 3.8) is 0 Å². The lowest BCUT2D eigenvalue weighted by atomic mass is 9.78. The van der Waals surface area contributed by atoms with Gasteiger partial charge in [-0.1, -0.05) is 19.8 Å². The molecule has 6 nitrogen and oxygen atoms in total. The third-order valence-electron chi connectivity index (χ3n) is 6.61. The molecule has 0 spiro atoms. The molecule has 9 heteroatoms. The number of carbonyl (C=O) groups is 3. The lowest BCUT2D eigenvalue weighted by Gasteiger charge is -2.35. The molecule has 2 aliphatic heterocycles. The summed E-state index contributed by atoms with van der Waals surface area (Å²) in [6, 6.07) is 0.861. The monoisotopic (exact) mass is 454 g/mol. The molecule has 1 aliphatic carbocycles. The summed E-state index contributed by atoms with van der Waals surface area (Å²) in [6.45, 7) is 2.19. The number of amides is 2. The lowest BCUT2D eigenvalue weighted by molar-refractivity contribution is -0.139. The van der Waals surface area contributed by atoms with Crippen molar-refractivity contribution in [3.8, 4) is 0 Å². The number of alkyl halides is 1. The summed E-state index contributed by atoms with van der Waals surface area (Å²) in [5, 5.41) is 2.19. The zero-order valence-corrected chi connectivity index (χ0v) is 17.9. The Morgan fingerprint density at radius 2 is 1.81 bits per heavy atom. The predicted molar refractivity (Wildman–Crippen MR) is 109 cm³/mol. The molecule has 31 heavy (non-hydrogen) atoms. The Morgan fingerprint density at radius 1 is 1.16 bits per heavy atom. The van der Waals surface area contributed by atoms with Crippen molar-refractivity contribution in [2.24, 2.45) is 11.8 Å². The van der Waals surface area contributed by atoms with E-state index in [1.54, 1.807) is 0 Å². The molecule has 2 heterocycles. The summed E-state index contributed by atoms with van der Waals surface area (Å²) in [5.74, 6) is -2.72. The van der Waals surface area contributed by atoms with Crippen LogP contribution in [0.4, 0.5) is 8.78 Å². The smallest absolute Gasteiger partial charge is 0.252 e. The fraction of sp³-hybridized carbons (Fsp3) is 0.591. The maximum Gasteiger partial charge on any atom is 0.252 e. The topological polar surface area (TPSA) is 75.7 Å². The molecule has 1 aromatic carbocycles. The maximum absolute atomic E-state index is 13.6. The van der Waals surface area contributed by atoms with Gasteiger partial charge < -0.3 is 15.0 Å². The molecule has 1 saturated carbocycles. The average molecular weight is 455 g/mol. The summed E-state index contributed by atoms with van der Waals surface area (Å²) in [5.41, 5.74) is -0.200. The minimum atomic E-state index is -0.914. The first-order chi connectivity index (χ1) is 14.7. The number of carbonyl (C=O) groups excluding carboxylic acids is 3. The van der Waals surface area contributed by atoms with E-state index in [2.05, 4.69) is 12.2 Å². The molecule has 1 N–H and O–H groups in total. The zero-order valence-electron chi connectivity index (χ0n) is 17.2. The standard InChI is InChI=1S/C22H25ClF2N2O4/c1-11-2-4-12(5-3-11)18(26-21(29)13-6-14(24)8-15(25)7-13)22(30)27-9-16(23)20-19(27)17(28)10-31-20/h6-8,11-12,16,18-20H,2-5,9-10H2,1H3,(H,26,29)/t11-,12-,16-,18?,19+,20+/m0/s1. The van der Waals surface area contributed by atoms with Gasteiger partial charge in [0.05, 0.1) is 5.38 Å². The SMILES string of the molecule is C[C@H]1CC[C@H](C(NC(=O)c2cc(F)cc(F)c2)C(=O)N2C[C@H](Cl)[C@H]3OCC(=O)[C@H]32)CC1. The van der Waals surface area contributed by atoms with Crippen molar-refractivity contribution in [1.29, 1.82) is 0 Å². The van der Waals surface area contributed by atoms with E-state index in [-0.39, 0.29) is 30.4 Å². The van der Waals surface area contributed by atoms with Crippen molar-refractivity contribution < 1.29 is 27.9 Å². The number of likely N-dealkylation sites (tertiary alicyclic amines) is 1. The number of nitrogens with zero attached hydrogens (tertiary/aromatic N) is 1. The average Bonchev–Trinajstić information content (AvgIpc) is 3.26. The van der Waals surface area contributed by atoms with Crippen molar-refractivity contribution in [3.05, 3.63) is 35.4 Å². The van der Waals surface area contributed by atoms with Crippen LogP contribution in [0.2, 0.25) is 0 Å². The number of ether oxygens (including phenoxy) is 1. The quantitative estimate of drug-likeness (QED) is 0.710. The Hall–Kier alpha value is -2.06. The van der Waals surface area contributed by atoms with E-state index < -0.39 is 47.0 Å². The highest BCUT2D eigenvalue weighted by atomic mass is 35.5. The number of halogens is 3. The second-order valence-corrected chi connectivity index (χ2v) is 9.38. The number of nitrogens with one attached hydrogen (secondary N) is 1. The van der Waals surface area contributed by atoms with E-state index in [9.17, 15) is 23.2 Å². The molecule has 168 valence electrons. The van der Waals surface area contributed by atoms with Crippen LogP contribution in [0.5, 0.6) is 0 Å². The molecule has 2 saturated heterocycles. The molecule has 1 unspecified atom stereocenters. The number of Topliss-reactive ketones (excluding diaryl/α,β-unsaturated/α-hetero) is 1. The molecular weight excluding hydrogens is 430 g/mol. The van der Waals surface area contributed by atoms with Crippen LogP contribution >= 0.6 is 11.6 Å². The van der Waals surface area contributed by atoms with Crippen LogP contribution in [0, 0.1) is 23.5 Å². The van der Waals surface area contributed by atoms with Gasteiger partial charge >= 0.3 is 0 Å². The number of hydrogen-bond acceptors (Lipinski definition) is 4. The first-order valence-corrected chi connectivity index (χ1v) is 11.0. The molecule has 0 radical (unpaired) electrons. The van der Waals surface area contributed by atoms with Crippen LogP contribution in [0.15, 0.2) is 18.2 Å². The molecule has 0 aromatic heterocycles. The third-order valence-corrected chi connectivity index (χ3v) is 7.00. The highest BCUT2D eigenvalue weighted by molar-refractivity contribution is 6.22. The predicted octanol–water partition coefficient (Wildman–Crippen LogP) is 2.68. The van der Waals surface area contributed by atoms with Gasteiger partial charge in [0.25, 0.3) is 5.91 Å².